The molecule has 2 aliphatic rings. The second-order valence-corrected chi connectivity index (χ2v) is 10.2. The number of nitrogens with one attached hydrogen (secondary N) is 1. The third kappa shape index (κ3) is 5.31. The maximum absolute atomic E-state index is 13.5. The first-order valence-electron chi connectivity index (χ1n) is 13.3. The van der Waals surface area contributed by atoms with Gasteiger partial charge in [0.2, 0.25) is 0 Å². The minimum atomic E-state index is 0.186. The molecule has 0 amide bonds. The first-order chi connectivity index (χ1) is 15.7. The Morgan fingerprint density at radius 1 is 1.00 bits per heavy atom. The largest absolute Gasteiger partial charge is 0.329 e. The average Bonchev–Trinajstić information content (AvgIpc) is 3.07. The smallest absolute Gasteiger partial charge is 0.320 e. The van der Waals surface area contributed by atoms with Crippen molar-refractivity contribution in [1.82, 2.24) is 19.4 Å². The van der Waals surface area contributed by atoms with E-state index in [2.05, 4.69) is 46.0 Å². The minimum absolute atomic E-state index is 0.186. The standard InChI is InChI=1S/C27H44N4O/c1-3-30-25-15-9-10-16-26(25)31(27(30)32)24-17-19-29(21-23(24)14-11-18-28-2)20-22-12-7-5-4-6-8-13-22/h9-10,15-16,22-24,28H,3-8,11-14,17-21H2,1-2H3. The number of piperidine rings is 1. The van der Waals surface area contributed by atoms with Gasteiger partial charge in [0.15, 0.2) is 0 Å². The summed E-state index contributed by atoms with van der Waals surface area (Å²) in [7, 11) is 2.04. The predicted molar refractivity (Wildman–Crippen MR) is 134 cm³/mol. The summed E-state index contributed by atoms with van der Waals surface area (Å²) in [5, 5.41) is 3.32. The first kappa shape index (κ1) is 23.6. The van der Waals surface area contributed by atoms with Gasteiger partial charge in [0.1, 0.15) is 0 Å². The second kappa shape index (κ2) is 11.5. The molecule has 5 heteroatoms. The SMILES string of the molecule is CCn1c(=O)n(C2CCN(CC3CCCCCCC3)CC2CCCNC)c2ccccc21. The first-order valence-corrected chi connectivity index (χ1v) is 13.3. The van der Waals surface area contributed by atoms with Gasteiger partial charge in [-0.05, 0) is 76.6 Å². The van der Waals surface area contributed by atoms with E-state index < -0.39 is 0 Å². The summed E-state index contributed by atoms with van der Waals surface area (Å²) in [6.07, 6.45) is 13.4. The number of likely N-dealkylation sites (tertiary alicyclic amines) is 1. The van der Waals surface area contributed by atoms with Gasteiger partial charge in [-0.3, -0.25) is 9.13 Å². The lowest BCUT2D eigenvalue weighted by Gasteiger charge is -2.41. The third-order valence-electron chi connectivity index (χ3n) is 8.04. The minimum Gasteiger partial charge on any atom is -0.320 e. The number of hydrogen-bond acceptors (Lipinski definition) is 3. The molecule has 0 spiro atoms. The number of imidazole rings is 1. The molecule has 1 aliphatic heterocycles. The van der Waals surface area contributed by atoms with Crippen molar-refractivity contribution < 1.29 is 0 Å². The monoisotopic (exact) mass is 440 g/mol. The van der Waals surface area contributed by atoms with Crippen molar-refractivity contribution in [2.75, 3.05) is 33.2 Å². The molecule has 0 radical (unpaired) electrons. The predicted octanol–water partition coefficient (Wildman–Crippen LogP) is 5.05. The zero-order valence-corrected chi connectivity index (χ0v) is 20.4. The van der Waals surface area contributed by atoms with Crippen LogP contribution in [0.25, 0.3) is 11.0 Å². The quantitative estimate of drug-likeness (QED) is 0.584. The van der Waals surface area contributed by atoms with E-state index in [0.717, 1.165) is 49.6 Å². The van der Waals surface area contributed by atoms with E-state index in [-0.39, 0.29) is 5.69 Å². The lowest BCUT2D eigenvalue weighted by atomic mass is 9.86. The van der Waals surface area contributed by atoms with Gasteiger partial charge in [0.05, 0.1) is 11.0 Å². The average molecular weight is 441 g/mol. The molecule has 4 rings (SSSR count). The number of para-hydroxylation sites is 2. The van der Waals surface area contributed by atoms with E-state index in [1.807, 2.05) is 11.6 Å². The van der Waals surface area contributed by atoms with Gasteiger partial charge in [-0.25, -0.2) is 4.79 Å². The number of fused-ring (bicyclic) bond motifs is 1. The molecule has 32 heavy (non-hydrogen) atoms. The molecule has 178 valence electrons. The van der Waals surface area contributed by atoms with Gasteiger partial charge in [0, 0.05) is 32.2 Å². The highest BCUT2D eigenvalue weighted by Crippen LogP contribution is 2.34. The van der Waals surface area contributed by atoms with Crippen LogP contribution in [0.1, 0.15) is 77.2 Å². The Bertz CT molecular complexity index is 893. The van der Waals surface area contributed by atoms with Crippen LogP contribution < -0.4 is 11.0 Å². The Labute approximate surface area is 194 Å². The number of nitrogens with zero attached hydrogens (tertiary/aromatic N) is 3. The summed E-state index contributed by atoms with van der Waals surface area (Å²) in [6, 6.07) is 8.70. The van der Waals surface area contributed by atoms with Crippen LogP contribution >= 0.6 is 0 Å². The zero-order valence-electron chi connectivity index (χ0n) is 20.4. The van der Waals surface area contributed by atoms with E-state index in [9.17, 15) is 4.79 Å². The Morgan fingerprint density at radius 2 is 1.72 bits per heavy atom. The third-order valence-corrected chi connectivity index (χ3v) is 8.04. The Hall–Kier alpha value is -1.59. The fourth-order valence-corrected chi connectivity index (χ4v) is 6.37. The van der Waals surface area contributed by atoms with Crippen molar-refractivity contribution in [2.45, 2.75) is 83.7 Å². The van der Waals surface area contributed by atoms with Crippen LogP contribution in [-0.4, -0.2) is 47.3 Å². The van der Waals surface area contributed by atoms with Crippen molar-refractivity contribution in [2.24, 2.45) is 11.8 Å². The topological polar surface area (TPSA) is 42.2 Å². The summed E-state index contributed by atoms with van der Waals surface area (Å²) in [5.41, 5.74) is 2.40. The van der Waals surface area contributed by atoms with E-state index in [1.165, 1.54) is 64.3 Å². The highest BCUT2D eigenvalue weighted by Gasteiger charge is 2.33. The van der Waals surface area contributed by atoms with Crippen LogP contribution in [0, 0.1) is 11.8 Å². The lowest BCUT2D eigenvalue weighted by Crippen LogP contribution is -2.45. The molecule has 1 saturated heterocycles. The molecule has 2 fully saturated rings. The summed E-state index contributed by atoms with van der Waals surface area (Å²) in [6.45, 7) is 7.40. The van der Waals surface area contributed by atoms with Crippen LogP contribution in [0.15, 0.2) is 29.1 Å². The molecular formula is C27H44N4O. The molecule has 2 heterocycles. The Kier molecular flexibility index (Phi) is 8.48. The summed E-state index contributed by atoms with van der Waals surface area (Å²) >= 11 is 0. The van der Waals surface area contributed by atoms with Gasteiger partial charge in [-0.2, -0.15) is 0 Å². The molecule has 1 aromatic heterocycles. The molecule has 1 N–H and O–H groups in total. The van der Waals surface area contributed by atoms with Gasteiger partial charge in [0.25, 0.3) is 0 Å². The normalized spacial score (nSPS) is 23.9. The van der Waals surface area contributed by atoms with E-state index in [0.29, 0.717) is 12.0 Å². The summed E-state index contributed by atoms with van der Waals surface area (Å²) < 4.78 is 4.12. The van der Waals surface area contributed by atoms with Gasteiger partial charge in [-0.1, -0.05) is 44.2 Å². The summed E-state index contributed by atoms with van der Waals surface area (Å²) in [4.78, 5) is 16.2. The van der Waals surface area contributed by atoms with Crippen molar-refractivity contribution >= 4 is 11.0 Å². The number of benzene rings is 1. The Morgan fingerprint density at radius 3 is 2.44 bits per heavy atom. The van der Waals surface area contributed by atoms with Crippen molar-refractivity contribution in [3.8, 4) is 0 Å². The molecule has 1 aromatic carbocycles. The number of aromatic nitrogens is 2. The van der Waals surface area contributed by atoms with Crippen LogP contribution in [-0.2, 0) is 6.54 Å². The molecule has 2 atom stereocenters. The van der Waals surface area contributed by atoms with Crippen molar-refractivity contribution in [1.29, 1.82) is 0 Å². The number of rotatable bonds is 8. The molecule has 2 unspecified atom stereocenters. The van der Waals surface area contributed by atoms with Crippen LogP contribution in [0.2, 0.25) is 0 Å². The van der Waals surface area contributed by atoms with Gasteiger partial charge >= 0.3 is 5.69 Å². The molecular weight excluding hydrogens is 396 g/mol. The van der Waals surface area contributed by atoms with Gasteiger partial charge in [-0.15, -0.1) is 0 Å². The van der Waals surface area contributed by atoms with E-state index in [1.54, 1.807) is 0 Å². The van der Waals surface area contributed by atoms with Crippen LogP contribution in [0.5, 0.6) is 0 Å². The molecule has 2 aromatic rings. The van der Waals surface area contributed by atoms with Crippen molar-refractivity contribution in [3.63, 3.8) is 0 Å². The maximum Gasteiger partial charge on any atom is 0.329 e. The van der Waals surface area contributed by atoms with Gasteiger partial charge < -0.3 is 10.2 Å². The van der Waals surface area contributed by atoms with Crippen molar-refractivity contribution in [3.05, 3.63) is 34.7 Å². The summed E-state index contributed by atoms with van der Waals surface area (Å²) in [5.74, 6) is 1.41. The molecule has 1 aliphatic carbocycles. The molecule has 5 nitrogen and oxygen atoms in total. The van der Waals surface area contributed by atoms with Crippen LogP contribution in [0.3, 0.4) is 0 Å². The van der Waals surface area contributed by atoms with E-state index in [4.69, 9.17) is 0 Å². The fourth-order valence-electron chi connectivity index (χ4n) is 6.37. The van der Waals surface area contributed by atoms with E-state index >= 15 is 0 Å². The highest BCUT2D eigenvalue weighted by atomic mass is 16.1. The maximum atomic E-state index is 13.5. The Balaban J connectivity index is 1.54. The lowest BCUT2D eigenvalue weighted by molar-refractivity contribution is 0.0958. The zero-order chi connectivity index (χ0) is 22.3. The fraction of sp³-hybridized carbons (Fsp3) is 0.741. The molecule has 1 saturated carbocycles. The highest BCUT2D eigenvalue weighted by molar-refractivity contribution is 5.76. The van der Waals surface area contributed by atoms with Crippen LogP contribution in [0.4, 0.5) is 0 Å². The number of hydrogen-bond donors (Lipinski definition) is 1. The second-order valence-electron chi connectivity index (χ2n) is 10.2. The number of aryl methyl sites for hydroxylation is 1. The molecule has 0 bridgehead atoms.